The van der Waals surface area contributed by atoms with Crippen LogP contribution in [0.15, 0.2) is 36.4 Å². The van der Waals surface area contributed by atoms with Crippen molar-refractivity contribution in [3.63, 3.8) is 0 Å². The molecule has 2 aromatic carbocycles. The van der Waals surface area contributed by atoms with E-state index in [1.807, 2.05) is 24.3 Å². The first-order valence-electron chi connectivity index (χ1n) is 10.7. The first-order valence-corrected chi connectivity index (χ1v) is 11.1. The van der Waals surface area contributed by atoms with Gasteiger partial charge in [0, 0.05) is 42.5 Å². The van der Waals surface area contributed by atoms with Gasteiger partial charge in [-0.15, -0.1) is 0 Å². The van der Waals surface area contributed by atoms with Gasteiger partial charge < -0.3 is 24.4 Å². The number of hydrogen-bond donors (Lipinski definition) is 1. The second-order valence-corrected chi connectivity index (χ2v) is 8.37. The zero-order valence-corrected chi connectivity index (χ0v) is 19.0. The van der Waals surface area contributed by atoms with Crippen LogP contribution in [0.5, 0.6) is 5.75 Å². The minimum absolute atomic E-state index is 0.0775. The van der Waals surface area contributed by atoms with Gasteiger partial charge in [-0.05, 0) is 43.0 Å². The molecule has 7 nitrogen and oxygen atoms in total. The average Bonchev–Trinajstić information content (AvgIpc) is 2.98. The van der Waals surface area contributed by atoms with E-state index in [1.165, 1.54) is 0 Å². The first-order chi connectivity index (χ1) is 15.5. The number of amides is 2. The van der Waals surface area contributed by atoms with Crippen LogP contribution in [-0.2, 0) is 27.4 Å². The maximum atomic E-state index is 13.0. The zero-order valence-electron chi connectivity index (χ0n) is 18.2. The summed E-state index contributed by atoms with van der Waals surface area (Å²) >= 11 is 6.40. The molecule has 4 rings (SSSR count). The fourth-order valence-corrected chi connectivity index (χ4v) is 4.59. The van der Waals surface area contributed by atoms with Gasteiger partial charge in [-0.25, -0.2) is 0 Å². The van der Waals surface area contributed by atoms with Crippen molar-refractivity contribution in [3.05, 3.63) is 63.7 Å². The Morgan fingerprint density at radius 3 is 2.72 bits per heavy atom. The lowest BCUT2D eigenvalue weighted by atomic mass is 10.1. The van der Waals surface area contributed by atoms with Crippen molar-refractivity contribution in [2.24, 2.45) is 0 Å². The van der Waals surface area contributed by atoms with Crippen LogP contribution >= 0.6 is 11.6 Å². The van der Waals surface area contributed by atoms with Gasteiger partial charge in [0.1, 0.15) is 18.4 Å². The summed E-state index contributed by atoms with van der Waals surface area (Å²) in [6, 6.07) is 10.6. The Morgan fingerprint density at radius 2 is 1.97 bits per heavy atom. The van der Waals surface area contributed by atoms with Gasteiger partial charge >= 0.3 is 0 Å². The van der Waals surface area contributed by atoms with E-state index >= 15 is 0 Å². The standard InChI is InChI=1S/C24H27ClN2O5/c1-30-24(31-2)17-10-9-15(12-19(17)25)14-32-21-8-5-6-16-18(21)13-27(23(16)29)20-7-3-4-11-26-22(20)28/h5-6,8-10,12,20,24H,3-4,7,11,13-14H2,1-2H3,(H,26,28)/t20-/m0/s1. The minimum Gasteiger partial charge on any atom is -0.489 e. The molecule has 0 spiro atoms. The molecule has 2 amide bonds. The van der Waals surface area contributed by atoms with E-state index in [1.54, 1.807) is 31.3 Å². The van der Waals surface area contributed by atoms with Crippen LogP contribution in [0.1, 0.15) is 52.6 Å². The van der Waals surface area contributed by atoms with Crippen molar-refractivity contribution < 1.29 is 23.8 Å². The predicted octanol–water partition coefficient (Wildman–Crippen LogP) is 3.83. The molecule has 170 valence electrons. The Hall–Kier alpha value is -2.61. The molecule has 0 bridgehead atoms. The number of ether oxygens (including phenoxy) is 3. The quantitative estimate of drug-likeness (QED) is 0.638. The Labute approximate surface area is 192 Å². The van der Waals surface area contributed by atoms with Crippen LogP contribution in [0.3, 0.4) is 0 Å². The van der Waals surface area contributed by atoms with E-state index in [4.69, 9.17) is 25.8 Å². The molecule has 2 heterocycles. The number of nitrogens with zero attached hydrogens (tertiary/aromatic N) is 1. The van der Waals surface area contributed by atoms with E-state index < -0.39 is 12.3 Å². The SMILES string of the molecule is COC(OC)c1ccc(COc2cccc3c2CN([C@H]2CCCCNC2=O)C3=O)cc1Cl. The summed E-state index contributed by atoms with van der Waals surface area (Å²) in [7, 11) is 3.11. The van der Waals surface area contributed by atoms with Crippen LogP contribution in [0.2, 0.25) is 5.02 Å². The minimum atomic E-state index is -0.534. The lowest BCUT2D eigenvalue weighted by molar-refractivity contribution is -0.125. The van der Waals surface area contributed by atoms with E-state index in [0.29, 0.717) is 42.5 Å². The molecule has 1 saturated heterocycles. The molecule has 1 N–H and O–H groups in total. The van der Waals surface area contributed by atoms with Gasteiger partial charge in [0.2, 0.25) is 5.91 Å². The van der Waals surface area contributed by atoms with E-state index in [2.05, 4.69) is 5.32 Å². The largest absolute Gasteiger partial charge is 0.489 e. The molecule has 0 radical (unpaired) electrons. The van der Waals surface area contributed by atoms with Crippen LogP contribution < -0.4 is 10.1 Å². The van der Waals surface area contributed by atoms with E-state index in [0.717, 1.165) is 29.5 Å². The first kappa shape index (κ1) is 22.6. The number of nitrogens with one attached hydrogen (secondary N) is 1. The third-order valence-electron chi connectivity index (χ3n) is 5.98. The molecule has 2 aliphatic heterocycles. The lowest BCUT2D eigenvalue weighted by Gasteiger charge is -2.25. The molecule has 0 aromatic heterocycles. The molecular formula is C24H27ClN2O5. The number of benzene rings is 2. The van der Waals surface area contributed by atoms with Gasteiger partial charge in [0.25, 0.3) is 5.91 Å². The highest BCUT2D eigenvalue weighted by molar-refractivity contribution is 6.31. The van der Waals surface area contributed by atoms with E-state index in [9.17, 15) is 9.59 Å². The Kier molecular flexibility index (Phi) is 6.98. The summed E-state index contributed by atoms with van der Waals surface area (Å²) in [4.78, 5) is 27.2. The number of rotatable bonds is 7. The van der Waals surface area contributed by atoms with Crippen LogP contribution in [-0.4, -0.2) is 43.5 Å². The molecule has 1 fully saturated rings. The fraction of sp³-hybridized carbons (Fsp3) is 0.417. The molecule has 0 saturated carbocycles. The van der Waals surface area contributed by atoms with Gasteiger partial charge in [0.15, 0.2) is 6.29 Å². The third-order valence-corrected chi connectivity index (χ3v) is 6.30. The molecule has 0 aliphatic carbocycles. The normalized spacial score (nSPS) is 18.5. The monoisotopic (exact) mass is 458 g/mol. The average molecular weight is 459 g/mol. The molecule has 0 unspecified atom stereocenters. The summed E-state index contributed by atoms with van der Waals surface area (Å²) in [5, 5.41) is 3.44. The molecular weight excluding hydrogens is 432 g/mol. The maximum Gasteiger partial charge on any atom is 0.255 e. The zero-order chi connectivity index (χ0) is 22.7. The number of halogens is 1. The number of carbonyl (C=O) groups excluding carboxylic acids is 2. The highest BCUT2D eigenvalue weighted by Gasteiger charge is 2.38. The maximum absolute atomic E-state index is 13.0. The van der Waals surface area contributed by atoms with Gasteiger partial charge in [0.05, 0.1) is 6.54 Å². The fourth-order valence-electron chi connectivity index (χ4n) is 4.30. The lowest BCUT2D eigenvalue weighted by Crippen LogP contribution is -2.45. The predicted molar refractivity (Wildman–Crippen MR) is 120 cm³/mol. The third kappa shape index (κ3) is 4.46. The van der Waals surface area contributed by atoms with Gasteiger partial charge in [-0.3, -0.25) is 9.59 Å². The molecule has 32 heavy (non-hydrogen) atoms. The number of fused-ring (bicyclic) bond motifs is 1. The van der Waals surface area contributed by atoms with E-state index in [-0.39, 0.29) is 11.8 Å². The summed E-state index contributed by atoms with van der Waals surface area (Å²) < 4.78 is 16.6. The molecule has 8 heteroatoms. The van der Waals surface area contributed by atoms with Crippen molar-refractivity contribution in [1.82, 2.24) is 10.2 Å². The Balaban J connectivity index is 1.49. The van der Waals surface area contributed by atoms with Crippen molar-refractivity contribution in [3.8, 4) is 5.75 Å². The summed E-state index contributed by atoms with van der Waals surface area (Å²) in [5.41, 5.74) is 3.03. The topological polar surface area (TPSA) is 77.1 Å². The van der Waals surface area contributed by atoms with Gasteiger partial charge in [-0.1, -0.05) is 29.8 Å². The van der Waals surface area contributed by atoms with Crippen molar-refractivity contribution >= 4 is 23.4 Å². The highest BCUT2D eigenvalue weighted by Crippen LogP contribution is 2.34. The second kappa shape index (κ2) is 9.90. The summed E-state index contributed by atoms with van der Waals surface area (Å²) in [5.74, 6) is 0.440. The van der Waals surface area contributed by atoms with Crippen molar-refractivity contribution in [2.45, 2.75) is 44.7 Å². The number of methoxy groups -OCH3 is 2. The molecule has 2 aliphatic rings. The van der Waals surface area contributed by atoms with Crippen LogP contribution in [0.25, 0.3) is 0 Å². The van der Waals surface area contributed by atoms with Crippen molar-refractivity contribution in [2.75, 3.05) is 20.8 Å². The van der Waals surface area contributed by atoms with Crippen LogP contribution in [0, 0.1) is 0 Å². The smallest absolute Gasteiger partial charge is 0.255 e. The molecule has 2 aromatic rings. The highest BCUT2D eigenvalue weighted by atomic mass is 35.5. The van der Waals surface area contributed by atoms with Crippen molar-refractivity contribution in [1.29, 1.82) is 0 Å². The number of hydrogen-bond acceptors (Lipinski definition) is 5. The Bertz CT molecular complexity index is 1010. The number of carbonyl (C=O) groups is 2. The van der Waals surface area contributed by atoms with Crippen LogP contribution in [0.4, 0.5) is 0 Å². The van der Waals surface area contributed by atoms with Gasteiger partial charge in [-0.2, -0.15) is 0 Å². The Morgan fingerprint density at radius 1 is 1.16 bits per heavy atom. The summed E-state index contributed by atoms with van der Waals surface area (Å²) in [6.45, 7) is 1.32. The summed E-state index contributed by atoms with van der Waals surface area (Å²) in [6.07, 6.45) is 1.99. The second-order valence-electron chi connectivity index (χ2n) is 7.97. The molecule has 1 atom stereocenters.